The Morgan fingerprint density at radius 3 is 2.07 bits per heavy atom. The van der Waals surface area contributed by atoms with Crippen molar-refractivity contribution in [1.29, 1.82) is 0 Å². The summed E-state index contributed by atoms with van der Waals surface area (Å²) < 4.78 is 1.08. The topological polar surface area (TPSA) is 20.2 Å². The van der Waals surface area contributed by atoms with Crippen LogP contribution in [0.4, 0.5) is 0 Å². The minimum atomic E-state index is -1.48. The van der Waals surface area contributed by atoms with Crippen LogP contribution >= 0.6 is 15.9 Å². The number of phenolic OH excluding ortho intramolecular Hbond substituents is 1. The zero-order valence-electron chi connectivity index (χ0n) is 9.68. The molecule has 0 amide bonds. The molecule has 0 atom stereocenters. The summed E-state index contributed by atoms with van der Waals surface area (Å²) in [7, 11) is -1.48. The van der Waals surface area contributed by atoms with Crippen molar-refractivity contribution in [3.8, 4) is 5.75 Å². The maximum atomic E-state index is 10.0. The van der Waals surface area contributed by atoms with Crippen molar-refractivity contribution >= 4 is 29.2 Å². The highest BCUT2D eigenvalue weighted by molar-refractivity contribution is 9.10. The summed E-state index contributed by atoms with van der Waals surface area (Å²) in [4.78, 5) is 0. The molecule has 0 aromatic heterocycles. The number of hydrogen-bond donors (Lipinski definition) is 1. The van der Waals surface area contributed by atoms with Gasteiger partial charge in [-0.3, -0.25) is 0 Å². The van der Waals surface area contributed by atoms with Gasteiger partial charge in [-0.1, -0.05) is 60.9 Å². The van der Waals surface area contributed by atoms with E-state index < -0.39 is 8.07 Å². The van der Waals surface area contributed by atoms with Gasteiger partial charge in [0, 0.05) is 4.47 Å². The fourth-order valence-corrected chi connectivity index (χ4v) is 7.71. The average Bonchev–Trinajstić information content (AvgIpc) is 2.24. The molecule has 1 aromatic rings. The molecule has 0 fully saturated rings. The van der Waals surface area contributed by atoms with E-state index in [1.165, 1.54) is 23.3 Å². The maximum Gasteiger partial charge on any atom is 0.115 e. The minimum Gasteiger partial charge on any atom is -0.508 e. The summed E-state index contributed by atoms with van der Waals surface area (Å²) in [5.74, 6) is 0.474. The molecule has 3 heteroatoms. The van der Waals surface area contributed by atoms with Crippen LogP contribution in [0.3, 0.4) is 0 Å². The Bertz CT molecular complexity index is 306. The van der Waals surface area contributed by atoms with Crippen LogP contribution < -0.4 is 5.19 Å². The molecule has 0 bridgehead atoms. The quantitative estimate of drug-likeness (QED) is 0.833. The standard InChI is InChI=1S/C12H19BrOSi/c1-4-15(5-2,6-3)12-10(13)8-7-9-11(12)14/h7-9,14H,4-6H2,1-3H3. The van der Waals surface area contributed by atoms with Gasteiger partial charge in [0.1, 0.15) is 5.75 Å². The molecular formula is C12H19BrOSi. The monoisotopic (exact) mass is 286 g/mol. The van der Waals surface area contributed by atoms with Crippen molar-refractivity contribution in [3.63, 3.8) is 0 Å². The summed E-state index contributed by atoms with van der Waals surface area (Å²) in [5, 5.41) is 11.2. The number of aromatic hydroxyl groups is 1. The normalized spacial score (nSPS) is 11.7. The van der Waals surface area contributed by atoms with Gasteiger partial charge in [0.2, 0.25) is 0 Å². The zero-order valence-corrected chi connectivity index (χ0v) is 12.3. The molecule has 0 aliphatic rings. The van der Waals surface area contributed by atoms with Gasteiger partial charge in [0.05, 0.1) is 8.07 Å². The van der Waals surface area contributed by atoms with Gasteiger partial charge < -0.3 is 5.11 Å². The highest BCUT2D eigenvalue weighted by atomic mass is 79.9. The molecule has 1 nitrogen and oxygen atoms in total. The first-order valence-electron chi connectivity index (χ1n) is 5.59. The molecule has 0 radical (unpaired) electrons. The van der Waals surface area contributed by atoms with E-state index >= 15 is 0 Å². The Hall–Kier alpha value is -0.283. The largest absolute Gasteiger partial charge is 0.508 e. The lowest BCUT2D eigenvalue weighted by molar-refractivity contribution is 0.478. The van der Waals surface area contributed by atoms with Crippen LogP contribution in [0.5, 0.6) is 5.75 Å². The molecule has 0 heterocycles. The van der Waals surface area contributed by atoms with Crippen molar-refractivity contribution in [2.45, 2.75) is 38.9 Å². The van der Waals surface area contributed by atoms with E-state index in [1.54, 1.807) is 0 Å². The number of phenols is 1. The Kier molecular flexibility index (Phi) is 4.41. The molecule has 0 spiro atoms. The van der Waals surface area contributed by atoms with Crippen LogP contribution in [0.15, 0.2) is 22.7 Å². The van der Waals surface area contributed by atoms with Gasteiger partial charge in [-0.05, 0) is 17.3 Å². The molecule has 15 heavy (non-hydrogen) atoms. The second kappa shape index (κ2) is 5.17. The number of hydrogen-bond acceptors (Lipinski definition) is 1. The Balaban J connectivity index is 3.34. The lowest BCUT2D eigenvalue weighted by atomic mass is 10.3. The van der Waals surface area contributed by atoms with Gasteiger partial charge in [-0.25, -0.2) is 0 Å². The first-order valence-corrected chi connectivity index (χ1v) is 9.00. The van der Waals surface area contributed by atoms with Gasteiger partial charge in [-0.15, -0.1) is 0 Å². The summed E-state index contributed by atoms with van der Waals surface area (Å²) in [6.45, 7) is 6.74. The number of halogens is 1. The lowest BCUT2D eigenvalue weighted by Gasteiger charge is -2.30. The highest BCUT2D eigenvalue weighted by Gasteiger charge is 2.33. The van der Waals surface area contributed by atoms with E-state index in [1.807, 2.05) is 18.2 Å². The summed E-state index contributed by atoms with van der Waals surface area (Å²) in [6.07, 6.45) is 0. The predicted molar refractivity (Wildman–Crippen MR) is 72.6 cm³/mol. The molecular weight excluding hydrogens is 268 g/mol. The van der Waals surface area contributed by atoms with E-state index in [4.69, 9.17) is 0 Å². The highest BCUT2D eigenvalue weighted by Crippen LogP contribution is 2.28. The van der Waals surface area contributed by atoms with E-state index in [-0.39, 0.29) is 0 Å². The second-order valence-electron chi connectivity index (χ2n) is 3.97. The molecule has 0 aliphatic carbocycles. The van der Waals surface area contributed by atoms with Crippen molar-refractivity contribution < 1.29 is 5.11 Å². The molecule has 1 aromatic carbocycles. The lowest BCUT2D eigenvalue weighted by Crippen LogP contribution is -2.46. The third-order valence-corrected chi connectivity index (χ3v) is 10.2. The second-order valence-corrected chi connectivity index (χ2v) is 10.0. The third-order valence-electron chi connectivity index (χ3n) is 3.55. The van der Waals surface area contributed by atoms with Crippen LogP contribution in [0.2, 0.25) is 18.1 Å². The van der Waals surface area contributed by atoms with Gasteiger partial charge in [0.15, 0.2) is 0 Å². The SMILES string of the molecule is CC[Si](CC)(CC)c1c(O)cccc1Br. The first kappa shape index (κ1) is 12.8. The molecule has 0 saturated heterocycles. The molecule has 0 saturated carbocycles. The smallest absolute Gasteiger partial charge is 0.115 e. The summed E-state index contributed by atoms with van der Waals surface area (Å²) >= 11 is 3.58. The van der Waals surface area contributed by atoms with E-state index in [9.17, 15) is 5.11 Å². The Morgan fingerprint density at radius 1 is 1.13 bits per heavy atom. The molecule has 1 N–H and O–H groups in total. The molecule has 84 valence electrons. The molecule has 0 aliphatic heterocycles. The number of rotatable bonds is 4. The van der Waals surface area contributed by atoms with Crippen molar-refractivity contribution in [2.24, 2.45) is 0 Å². The third kappa shape index (κ3) is 2.28. The fraction of sp³-hybridized carbons (Fsp3) is 0.500. The maximum absolute atomic E-state index is 10.0. The van der Waals surface area contributed by atoms with E-state index in [0.29, 0.717) is 5.75 Å². The van der Waals surface area contributed by atoms with Gasteiger partial charge in [0.25, 0.3) is 0 Å². The van der Waals surface area contributed by atoms with Crippen LogP contribution in [-0.2, 0) is 0 Å². The summed E-state index contributed by atoms with van der Waals surface area (Å²) in [6, 6.07) is 9.31. The molecule has 1 rings (SSSR count). The van der Waals surface area contributed by atoms with Gasteiger partial charge >= 0.3 is 0 Å². The summed E-state index contributed by atoms with van der Waals surface area (Å²) in [5.41, 5.74) is 0. The van der Waals surface area contributed by atoms with Crippen molar-refractivity contribution in [3.05, 3.63) is 22.7 Å². The van der Waals surface area contributed by atoms with Crippen LogP contribution in [0, 0.1) is 0 Å². The fourth-order valence-electron chi connectivity index (χ4n) is 2.32. The Morgan fingerprint density at radius 2 is 1.67 bits per heavy atom. The minimum absolute atomic E-state index is 0.474. The zero-order chi connectivity index (χ0) is 11.5. The average molecular weight is 287 g/mol. The van der Waals surface area contributed by atoms with Gasteiger partial charge in [-0.2, -0.15) is 0 Å². The Labute approximate surface area is 102 Å². The van der Waals surface area contributed by atoms with Crippen LogP contribution in [0.1, 0.15) is 20.8 Å². The molecule has 0 unspecified atom stereocenters. The first-order chi connectivity index (χ1) is 7.11. The predicted octanol–water partition coefficient (Wildman–Crippen LogP) is 3.87. The van der Waals surface area contributed by atoms with Crippen molar-refractivity contribution in [2.75, 3.05) is 0 Å². The van der Waals surface area contributed by atoms with Crippen LogP contribution in [-0.4, -0.2) is 13.2 Å². The van der Waals surface area contributed by atoms with E-state index in [0.717, 1.165) is 4.47 Å². The van der Waals surface area contributed by atoms with Crippen molar-refractivity contribution in [1.82, 2.24) is 0 Å². The van der Waals surface area contributed by atoms with E-state index in [2.05, 4.69) is 36.7 Å². The number of benzene rings is 1. The van der Waals surface area contributed by atoms with Crippen LogP contribution in [0.25, 0.3) is 0 Å².